The molecule has 0 bridgehead atoms. The second-order valence-electron chi connectivity index (χ2n) is 5.24. The molecule has 1 rings (SSSR count). The first-order valence-electron chi connectivity index (χ1n) is 6.88. The first-order chi connectivity index (χ1) is 8.92. The fourth-order valence-corrected chi connectivity index (χ4v) is 3.47. The van der Waals surface area contributed by atoms with Gasteiger partial charge in [-0.15, -0.1) is 0 Å². The number of esters is 1. The molecule has 0 amide bonds. The van der Waals surface area contributed by atoms with Gasteiger partial charge in [-0.3, -0.25) is 13.9 Å². The zero-order chi connectivity index (χ0) is 14.5. The number of nitrogens with one attached hydrogen (secondary N) is 1. The Hall–Kier alpha value is -0.460. The zero-order valence-electron chi connectivity index (χ0n) is 12.4. The van der Waals surface area contributed by atoms with E-state index in [4.69, 9.17) is 4.74 Å². The van der Waals surface area contributed by atoms with E-state index in [2.05, 4.69) is 17.1 Å². The maximum atomic E-state index is 12.0. The number of hydrogen-bond donors (Lipinski definition) is 1. The van der Waals surface area contributed by atoms with Gasteiger partial charge in [0, 0.05) is 41.4 Å². The standard InChI is InChI=1S/C13H26N2O3S/c1-5-18-12(16)13(3,14-4)10-11(2)15-6-8-19(17)9-7-15/h11,14H,5-10H2,1-4H3. The quantitative estimate of drug-likeness (QED) is 0.716. The van der Waals surface area contributed by atoms with Crippen LogP contribution in [0, 0.1) is 0 Å². The molecule has 1 fully saturated rings. The van der Waals surface area contributed by atoms with Crippen LogP contribution in [0.5, 0.6) is 0 Å². The number of ether oxygens (including phenoxy) is 1. The second-order valence-corrected chi connectivity index (χ2v) is 6.94. The molecule has 2 unspecified atom stereocenters. The predicted octanol–water partition coefficient (Wildman–Crippen LogP) is 0.371. The Kier molecular flexibility index (Phi) is 6.42. The largest absolute Gasteiger partial charge is 0.465 e. The summed E-state index contributed by atoms with van der Waals surface area (Å²) < 4.78 is 16.5. The third-order valence-corrected chi connectivity index (χ3v) is 5.09. The number of carbonyl (C=O) groups excluding carboxylic acids is 1. The molecule has 6 heteroatoms. The summed E-state index contributed by atoms with van der Waals surface area (Å²) in [5.74, 6) is 1.27. The van der Waals surface area contributed by atoms with Crippen LogP contribution in [0.2, 0.25) is 0 Å². The predicted molar refractivity (Wildman–Crippen MR) is 77.6 cm³/mol. The van der Waals surface area contributed by atoms with Crippen molar-refractivity contribution in [2.75, 3.05) is 38.2 Å². The van der Waals surface area contributed by atoms with Gasteiger partial charge in [0.1, 0.15) is 5.54 Å². The van der Waals surface area contributed by atoms with E-state index in [0.717, 1.165) is 24.6 Å². The van der Waals surface area contributed by atoms with Gasteiger partial charge in [0.25, 0.3) is 0 Å². The fourth-order valence-electron chi connectivity index (χ4n) is 2.39. The van der Waals surface area contributed by atoms with Crippen molar-refractivity contribution in [2.24, 2.45) is 0 Å². The minimum atomic E-state index is -0.663. The van der Waals surface area contributed by atoms with Crippen molar-refractivity contribution in [3.05, 3.63) is 0 Å². The molecule has 0 aromatic rings. The molecule has 0 aliphatic carbocycles. The van der Waals surface area contributed by atoms with Gasteiger partial charge in [0.05, 0.1) is 6.61 Å². The smallest absolute Gasteiger partial charge is 0.326 e. The van der Waals surface area contributed by atoms with Crippen molar-refractivity contribution >= 4 is 16.8 Å². The molecule has 1 heterocycles. The van der Waals surface area contributed by atoms with Gasteiger partial charge in [0.2, 0.25) is 0 Å². The lowest BCUT2D eigenvalue weighted by molar-refractivity contribution is -0.151. The summed E-state index contributed by atoms with van der Waals surface area (Å²) in [5, 5.41) is 3.08. The lowest BCUT2D eigenvalue weighted by Gasteiger charge is -2.37. The molecule has 0 aromatic heterocycles. The van der Waals surface area contributed by atoms with E-state index in [9.17, 15) is 9.00 Å². The third kappa shape index (κ3) is 4.54. The lowest BCUT2D eigenvalue weighted by atomic mass is 9.93. The van der Waals surface area contributed by atoms with Gasteiger partial charge >= 0.3 is 5.97 Å². The molecule has 5 nitrogen and oxygen atoms in total. The van der Waals surface area contributed by atoms with E-state index < -0.39 is 16.3 Å². The Labute approximate surface area is 118 Å². The van der Waals surface area contributed by atoms with Crippen LogP contribution in [0.1, 0.15) is 27.2 Å². The summed E-state index contributed by atoms with van der Waals surface area (Å²) in [5.41, 5.74) is -0.661. The number of hydrogen-bond acceptors (Lipinski definition) is 5. The van der Waals surface area contributed by atoms with Crippen LogP contribution < -0.4 is 5.32 Å². The van der Waals surface area contributed by atoms with Gasteiger partial charge in [-0.25, -0.2) is 0 Å². The van der Waals surface area contributed by atoms with Crippen LogP contribution in [0.25, 0.3) is 0 Å². The average Bonchev–Trinajstić information content (AvgIpc) is 2.39. The van der Waals surface area contributed by atoms with Gasteiger partial charge in [0.15, 0.2) is 0 Å². The molecule has 0 aromatic carbocycles. The number of rotatable bonds is 6. The van der Waals surface area contributed by atoms with E-state index in [1.54, 1.807) is 7.05 Å². The summed E-state index contributed by atoms with van der Waals surface area (Å²) in [7, 11) is 1.12. The summed E-state index contributed by atoms with van der Waals surface area (Å²) in [6.45, 7) is 7.89. The van der Waals surface area contributed by atoms with Crippen molar-refractivity contribution in [1.82, 2.24) is 10.2 Å². The number of nitrogens with zero attached hydrogens (tertiary/aromatic N) is 1. The molecule has 112 valence electrons. The molecule has 0 saturated carbocycles. The first-order valence-corrected chi connectivity index (χ1v) is 8.37. The van der Waals surface area contributed by atoms with E-state index in [1.807, 2.05) is 13.8 Å². The molecule has 2 atom stereocenters. The molecular formula is C13H26N2O3S. The lowest BCUT2D eigenvalue weighted by Crippen LogP contribution is -2.54. The normalized spacial score (nSPS) is 22.7. The number of likely N-dealkylation sites (N-methyl/N-ethyl adjacent to an activating group) is 1. The second kappa shape index (κ2) is 7.36. The number of carbonyl (C=O) groups is 1. The van der Waals surface area contributed by atoms with Gasteiger partial charge in [-0.1, -0.05) is 0 Å². The average molecular weight is 290 g/mol. The van der Waals surface area contributed by atoms with Gasteiger partial charge in [-0.2, -0.15) is 0 Å². The SMILES string of the molecule is CCOC(=O)C(C)(CC(C)N1CCS(=O)CC1)NC. The molecule has 1 N–H and O–H groups in total. The topological polar surface area (TPSA) is 58.6 Å². The monoisotopic (exact) mass is 290 g/mol. The molecule has 1 aliphatic heterocycles. The highest BCUT2D eigenvalue weighted by Gasteiger charge is 2.36. The van der Waals surface area contributed by atoms with Crippen LogP contribution in [-0.2, 0) is 20.3 Å². The molecule has 0 radical (unpaired) electrons. The molecule has 0 spiro atoms. The van der Waals surface area contributed by atoms with Crippen molar-refractivity contribution in [2.45, 2.75) is 38.8 Å². The first kappa shape index (κ1) is 16.6. The van der Waals surface area contributed by atoms with Crippen LogP contribution in [0.3, 0.4) is 0 Å². The van der Waals surface area contributed by atoms with Gasteiger partial charge < -0.3 is 10.1 Å². The Morgan fingerprint density at radius 2 is 2.05 bits per heavy atom. The minimum Gasteiger partial charge on any atom is -0.465 e. The third-order valence-electron chi connectivity index (χ3n) is 3.82. The highest BCUT2D eigenvalue weighted by Crippen LogP contribution is 2.19. The van der Waals surface area contributed by atoms with Crippen LogP contribution in [-0.4, -0.2) is 64.9 Å². The van der Waals surface area contributed by atoms with Crippen LogP contribution in [0.15, 0.2) is 0 Å². The molecule has 1 saturated heterocycles. The highest BCUT2D eigenvalue weighted by molar-refractivity contribution is 7.85. The highest BCUT2D eigenvalue weighted by atomic mass is 32.2. The Morgan fingerprint density at radius 1 is 1.47 bits per heavy atom. The summed E-state index contributed by atoms with van der Waals surface area (Å²) >= 11 is 0. The maximum absolute atomic E-state index is 12.0. The van der Waals surface area contributed by atoms with Crippen molar-refractivity contribution < 1.29 is 13.7 Å². The Bertz CT molecular complexity index is 328. The summed E-state index contributed by atoms with van der Waals surface area (Å²) in [4.78, 5) is 14.3. The van der Waals surface area contributed by atoms with Crippen LogP contribution in [0.4, 0.5) is 0 Å². The van der Waals surface area contributed by atoms with Crippen molar-refractivity contribution in [3.8, 4) is 0 Å². The van der Waals surface area contributed by atoms with Gasteiger partial charge in [-0.05, 0) is 34.2 Å². The molecule has 1 aliphatic rings. The Balaban J connectivity index is 2.59. The Morgan fingerprint density at radius 3 is 2.53 bits per heavy atom. The zero-order valence-corrected chi connectivity index (χ0v) is 13.2. The van der Waals surface area contributed by atoms with Crippen molar-refractivity contribution in [1.29, 1.82) is 0 Å². The van der Waals surface area contributed by atoms with E-state index >= 15 is 0 Å². The molecule has 19 heavy (non-hydrogen) atoms. The van der Waals surface area contributed by atoms with E-state index in [-0.39, 0.29) is 12.0 Å². The summed E-state index contributed by atoms with van der Waals surface area (Å²) in [6.07, 6.45) is 0.689. The van der Waals surface area contributed by atoms with Crippen LogP contribution >= 0.6 is 0 Å². The molecular weight excluding hydrogens is 264 g/mol. The summed E-state index contributed by atoms with van der Waals surface area (Å²) in [6, 6.07) is 0.263. The van der Waals surface area contributed by atoms with E-state index in [0.29, 0.717) is 13.0 Å². The van der Waals surface area contributed by atoms with Crippen molar-refractivity contribution in [3.63, 3.8) is 0 Å². The fraction of sp³-hybridized carbons (Fsp3) is 0.923. The maximum Gasteiger partial charge on any atom is 0.326 e. The minimum absolute atomic E-state index is 0.204. The van der Waals surface area contributed by atoms with E-state index in [1.165, 1.54) is 0 Å².